The maximum absolute atomic E-state index is 12.4. The second-order valence-corrected chi connectivity index (χ2v) is 7.19. The molecule has 4 nitrogen and oxygen atoms in total. The van der Waals surface area contributed by atoms with Crippen LogP contribution in [0, 0.1) is 0 Å². The molecule has 0 spiro atoms. The Morgan fingerprint density at radius 1 is 1.24 bits per heavy atom. The molecule has 0 aromatic heterocycles. The molecule has 0 saturated heterocycles. The summed E-state index contributed by atoms with van der Waals surface area (Å²) in [4.78, 5) is 12.4. The Labute approximate surface area is 148 Å². The topological polar surface area (TPSA) is 58.6 Å². The van der Waals surface area contributed by atoms with Gasteiger partial charge in [0.1, 0.15) is 11.4 Å². The van der Waals surface area contributed by atoms with Crippen LogP contribution >= 0.6 is 0 Å². The molecule has 1 unspecified atom stereocenters. The van der Waals surface area contributed by atoms with E-state index in [1.165, 1.54) is 0 Å². The average Bonchev–Trinajstić information content (AvgIpc) is 2.60. The van der Waals surface area contributed by atoms with Gasteiger partial charge in [0, 0.05) is 0 Å². The molecule has 3 rings (SSSR count). The second-order valence-electron chi connectivity index (χ2n) is 7.19. The Kier molecular flexibility index (Phi) is 5.09. The Hall–Kier alpha value is -2.33. The highest BCUT2D eigenvalue weighted by Gasteiger charge is 2.26. The Morgan fingerprint density at radius 2 is 2.00 bits per heavy atom. The molecule has 1 heterocycles. The molecule has 2 N–H and O–H groups in total. The molecular weight excluding hydrogens is 314 g/mol. The zero-order chi connectivity index (χ0) is 17.9. The van der Waals surface area contributed by atoms with Gasteiger partial charge in [-0.1, -0.05) is 42.5 Å². The number of amides is 1. The van der Waals surface area contributed by atoms with Crippen LogP contribution in [0.15, 0.2) is 48.5 Å². The summed E-state index contributed by atoms with van der Waals surface area (Å²) >= 11 is 0. The van der Waals surface area contributed by atoms with Gasteiger partial charge in [-0.25, -0.2) is 0 Å². The summed E-state index contributed by atoms with van der Waals surface area (Å²) < 4.78 is 5.99. The number of benzene rings is 2. The van der Waals surface area contributed by atoms with Crippen molar-refractivity contribution in [3.63, 3.8) is 0 Å². The van der Waals surface area contributed by atoms with E-state index in [0.717, 1.165) is 35.3 Å². The maximum Gasteiger partial charge on any atom is 0.224 e. The van der Waals surface area contributed by atoms with E-state index in [4.69, 9.17) is 4.74 Å². The number of rotatable bonds is 5. The largest absolute Gasteiger partial charge is 0.488 e. The van der Waals surface area contributed by atoms with Crippen molar-refractivity contribution in [1.82, 2.24) is 5.32 Å². The first kappa shape index (κ1) is 17.5. The molecular formula is C21H25NO3. The number of aliphatic hydroxyl groups is 1. The van der Waals surface area contributed by atoms with Crippen LogP contribution in [0.4, 0.5) is 0 Å². The molecule has 2 aromatic rings. The first-order chi connectivity index (χ1) is 12.0. The number of hydrogen-bond acceptors (Lipinski definition) is 3. The van der Waals surface area contributed by atoms with E-state index in [0.29, 0.717) is 6.42 Å². The number of fused-ring (bicyclic) bond motifs is 1. The molecule has 1 amide bonds. The minimum Gasteiger partial charge on any atom is -0.488 e. The molecule has 132 valence electrons. The van der Waals surface area contributed by atoms with E-state index in [1.54, 1.807) is 0 Å². The van der Waals surface area contributed by atoms with Gasteiger partial charge in [0.05, 0.1) is 19.1 Å². The highest BCUT2D eigenvalue weighted by Crippen LogP contribution is 2.33. The van der Waals surface area contributed by atoms with Crippen LogP contribution < -0.4 is 10.1 Å². The first-order valence-corrected chi connectivity index (χ1v) is 8.73. The first-order valence-electron chi connectivity index (χ1n) is 8.73. The zero-order valence-corrected chi connectivity index (χ0v) is 14.8. The third-order valence-electron chi connectivity index (χ3n) is 4.59. The molecule has 0 radical (unpaired) electrons. The van der Waals surface area contributed by atoms with Crippen molar-refractivity contribution in [2.45, 2.75) is 44.8 Å². The molecule has 0 saturated carbocycles. The van der Waals surface area contributed by atoms with Crippen LogP contribution in [0.1, 0.15) is 43.0 Å². The summed E-state index contributed by atoms with van der Waals surface area (Å²) in [5.74, 6) is 0.817. The van der Waals surface area contributed by atoms with E-state index in [2.05, 4.69) is 25.2 Å². The molecule has 1 aliphatic rings. The van der Waals surface area contributed by atoms with Crippen LogP contribution in [0.2, 0.25) is 0 Å². The van der Waals surface area contributed by atoms with Gasteiger partial charge in [0.25, 0.3) is 0 Å². The fourth-order valence-corrected chi connectivity index (χ4v) is 3.17. The quantitative estimate of drug-likeness (QED) is 0.879. The van der Waals surface area contributed by atoms with Crippen LogP contribution in [-0.2, 0) is 17.6 Å². The summed E-state index contributed by atoms with van der Waals surface area (Å²) in [5, 5.41) is 12.5. The summed E-state index contributed by atoms with van der Waals surface area (Å²) in [7, 11) is 0. The highest BCUT2D eigenvalue weighted by atomic mass is 16.5. The van der Waals surface area contributed by atoms with E-state index >= 15 is 0 Å². The van der Waals surface area contributed by atoms with Gasteiger partial charge >= 0.3 is 0 Å². The molecule has 4 heteroatoms. The minimum absolute atomic E-state index is 0.0973. The number of carbonyl (C=O) groups is 1. The second kappa shape index (κ2) is 7.28. The van der Waals surface area contributed by atoms with Crippen molar-refractivity contribution in [3.05, 3.63) is 65.2 Å². The predicted octanol–water partition coefficient (Wildman–Crippen LogP) is 3.18. The lowest BCUT2D eigenvalue weighted by atomic mass is 9.93. The predicted molar refractivity (Wildman–Crippen MR) is 97.6 cm³/mol. The summed E-state index contributed by atoms with van der Waals surface area (Å²) in [5.41, 5.74) is 2.89. The summed E-state index contributed by atoms with van der Waals surface area (Å²) in [6.07, 6.45) is 2.22. The van der Waals surface area contributed by atoms with Gasteiger partial charge in [-0.15, -0.1) is 0 Å². The van der Waals surface area contributed by atoms with Crippen molar-refractivity contribution < 1.29 is 14.6 Å². The normalized spacial score (nSPS) is 16.4. The fraction of sp³-hybridized carbons (Fsp3) is 0.381. The van der Waals surface area contributed by atoms with Crippen molar-refractivity contribution in [2.75, 3.05) is 6.61 Å². The van der Waals surface area contributed by atoms with E-state index < -0.39 is 0 Å². The standard InChI is InChI=1S/C21H25NO3/c1-21(2)11-10-17-12-15(8-9-19(17)25-21)13-20(24)22-18(14-23)16-6-4-3-5-7-16/h3-9,12,18,23H,10-11,13-14H2,1-2H3,(H,22,24). The lowest BCUT2D eigenvalue weighted by Gasteiger charge is -2.32. The highest BCUT2D eigenvalue weighted by molar-refractivity contribution is 5.79. The Balaban J connectivity index is 1.65. The number of ether oxygens (including phenoxy) is 1. The van der Waals surface area contributed by atoms with Gasteiger partial charge in [0.15, 0.2) is 0 Å². The van der Waals surface area contributed by atoms with Gasteiger partial charge in [-0.3, -0.25) is 4.79 Å². The average molecular weight is 339 g/mol. The summed E-state index contributed by atoms with van der Waals surface area (Å²) in [6.45, 7) is 4.06. The molecule has 25 heavy (non-hydrogen) atoms. The fourth-order valence-electron chi connectivity index (χ4n) is 3.17. The van der Waals surface area contributed by atoms with Crippen molar-refractivity contribution in [2.24, 2.45) is 0 Å². The smallest absolute Gasteiger partial charge is 0.224 e. The van der Waals surface area contributed by atoms with Crippen LogP contribution in [-0.4, -0.2) is 23.2 Å². The molecule has 2 aromatic carbocycles. The van der Waals surface area contributed by atoms with Gasteiger partial charge in [-0.2, -0.15) is 0 Å². The summed E-state index contributed by atoms with van der Waals surface area (Å²) in [6, 6.07) is 15.1. The molecule has 0 fully saturated rings. The molecule has 0 aliphatic carbocycles. The number of aryl methyl sites for hydroxylation is 1. The maximum atomic E-state index is 12.4. The Bertz CT molecular complexity index is 740. The van der Waals surface area contributed by atoms with E-state index in [9.17, 15) is 9.90 Å². The van der Waals surface area contributed by atoms with Crippen molar-refractivity contribution >= 4 is 5.91 Å². The SMILES string of the molecule is CC1(C)CCc2cc(CC(=O)NC(CO)c3ccccc3)ccc2O1. The zero-order valence-electron chi connectivity index (χ0n) is 14.8. The molecule has 0 bridgehead atoms. The number of carbonyl (C=O) groups excluding carboxylic acids is 1. The van der Waals surface area contributed by atoms with Crippen molar-refractivity contribution in [1.29, 1.82) is 0 Å². The van der Waals surface area contributed by atoms with E-state index in [1.807, 2.05) is 42.5 Å². The molecule has 1 aliphatic heterocycles. The number of hydrogen-bond donors (Lipinski definition) is 2. The number of aliphatic hydroxyl groups excluding tert-OH is 1. The third kappa shape index (κ3) is 4.40. The van der Waals surface area contributed by atoms with Gasteiger partial charge in [0.2, 0.25) is 5.91 Å². The van der Waals surface area contributed by atoms with Gasteiger partial charge < -0.3 is 15.2 Å². The minimum atomic E-state index is -0.379. The lowest BCUT2D eigenvalue weighted by molar-refractivity contribution is -0.121. The van der Waals surface area contributed by atoms with Crippen molar-refractivity contribution in [3.8, 4) is 5.75 Å². The lowest BCUT2D eigenvalue weighted by Crippen LogP contribution is -2.33. The van der Waals surface area contributed by atoms with Crippen LogP contribution in [0.3, 0.4) is 0 Å². The van der Waals surface area contributed by atoms with E-state index in [-0.39, 0.29) is 24.2 Å². The van der Waals surface area contributed by atoms with Crippen LogP contribution in [0.5, 0.6) is 5.75 Å². The third-order valence-corrected chi connectivity index (χ3v) is 4.59. The van der Waals surface area contributed by atoms with Gasteiger partial charge in [-0.05, 0) is 49.4 Å². The van der Waals surface area contributed by atoms with Crippen LogP contribution in [0.25, 0.3) is 0 Å². The Morgan fingerprint density at radius 3 is 2.72 bits per heavy atom. The molecule has 1 atom stereocenters. The number of nitrogens with one attached hydrogen (secondary N) is 1. The monoisotopic (exact) mass is 339 g/mol.